The second-order valence-corrected chi connectivity index (χ2v) is 6.02. The average Bonchev–Trinajstić information content (AvgIpc) is 2.38. The number of hydrogen-bond acceptors (Lipinski definition) is 1. The largest absolute Gasteiger partial charge is 0.391 e. The zero-order valence-electron chi connectivity index (χ0n) is 12.4. The maximum atomic E-state index is 12.7. The SMILES string of the molecule is CCCNC(C(C)CC)C1CCC(C(F)(F)F)CC1. The highest BCUT2D eigenvalue weighted by molar-refractivity contribution is 4.86. The summed E-state index contributed by atoms with van der Waals surface area (Å²) in [4.78, 5) is 0. The third kappa shape index (κ3) is 4.97. The highest BCUT2D eigenvalue weighted by Gasteiger charge is 2.42. The molecule has 0 saturated heterocycles. The smallest absolute Gasteiger partial charge is 0.313 e. The quantitative estimate of drug-likeness (QED) is 0.738. The lowest BCUT2D eigenvalue weighted by Crippen LogP contribution is -2.44. The summed E-state index contributed by atoms with van der Waals surface area (Å²) in [6.45, 7) is 7.46. The molecule has 0 bridgehead atoms. The van der Waals surface area contributed by atoms with E-state index in [-0.39, 0.29) is 0 Å². The zero-order valence-corrected chi connectivity index (χ0v) is 12.4. The first kappa shape index (κ1) is 16.8. The first-order valence-electron chi connectivity index (χ1n) is 7.70. The molecule has 0 aromatic rings. The van der Waals surface area contributed by atoms with Crippen molar-refractivity contribution in [1.82, 2.24) is 5.32 Å². The molecule has 0 spiro atoms. The molecule has 0 heterocycles. The van der Waals surface area contributed by atoms with Gasteiger partial charge in [-0.2, -0.15) is 13.2 Å². The van der Waals surface area contributed by atoms with Crippen molar-refractivity contribution in [2.75, 3.05) is 6.54 Å². The Morgan fingerprint density at radius 2 is 1.68 bits per heavy atom. The van der Waals surface area contributed by atoms with Crippen LogP contribution in [0, 0.1) is 17.8 Å². The fourth-order valence-corrected chi connectivity index (χ4v) is 3.20. The van der Waals surface area contributed by atoms with Gasteiger partial charge in [-0.3, -0.25) is 0 Å². The Balaban J connectivity index is 2.54. The van der Waals surface area contributed by atoms with Crippen molar-refractivity contribution in [3.05, 3.63) is 0 Å². The van der Waals surface area contributed by atoms with Gasteiger partial charge < -0.3 is 5.32 Å². The molecule has 0 amide bonds. The van der Waals surface area contributed by atoms with Crippen molar-refractivity contribution in [3.8, 4) is 0 Å². The average molecular weight is 279 g/mol. The maximum Gasteiger partial charge on any atom is 0.391 e. The van der Waals surface area contributed by atoms with Gasteiger partial charge in [0.2, 0.25) is 0 Å². The van der Waals surface area contributed by atoms with E-state index in [9.17, 15) is 13.2 Å². The molecule has 2 unspecified atom stereocenters. The standard InChI is InChI=1S/C15H28F3N/c1-4-10-19-14(11(3)5-2)12-6-8-13(9-7-12)15(16,17)18/h11-14,19H,4-10H2,1-3H3. The highest BCUT2D eigenvalue weighted by Crippen LogP contribution is 2.41. The molecule has 0 aromatic heterocycles. The summed E-state index contributed by atoms with van der Waals surface area (Å²) in [5, 5.41) is 3.56. The Morgan fingerprint density at radius 1 is 1.11 bits per heavy atom. The van der Waals surface area contributed by atoms with Gasteiger partial charge >= 0.3 is 6.18 Å². The monoisotopic (exact) mass is 279 g/mol. The van der Waals surface area contributed by atoms with Crippen LogP contribution in [0.15, 0.2) is 0 Å². The van der Waals surface area contributed by atoms with Gasteiger partial charge in [0, 0.05) is 6.04 Å². The van der Waals surface area contributed by atoms with Crippen LogP contribution in [0.2, 0.25) is 0 Å². The van der Waals surface area contributed by atoms with Crippen molar-refractivity contribution in [3.63, 3.8) is 0 Å². The van der Waals surface area contributed by atoms with Crippen LogP contribution in [-0.4, -0.2) is 18.8 Å². The molecular weight excluding hydrogens is 251 g/mol. The van der Waals surface area contributed by atoms with Crippen LogP contribution in [0.25, 0.3) is 0 Å². The zero-order chi connectivity index (χ0) is 14.5. The van der Waals surface area contributed by atoms with Crippen molar-refractivity contribution in [2.24, 2.45) is 17.8 Å². The van der Waals surface area contributed by atoms with Crippen LogP contribution in [0.5, 0.6) is 0 Å². The van der Waals surface area contributed by atoms with E-state index in [1.54, 1.807) is 0 Å². The summed E-state index contributed by atoms with van der Waals surface area (Å²) in [7, 11) is 0. The minimum atomic E-state index is -3.99. The Morgan fingerprint density at radius 3 is 2.11 bits per heavy atom. The van der Waals surface area contributed by atoms with Crippen LogP contribution in [0.1, 0.15) is 59.3 Å². The van der Waals surface area contributed by atoms with E-state index in [1.807, 2.05) is 0 Å². The summed E-state index contributed by atoms with van der Waals surface area (Å²) >= 11 is 0. The summed E-state index contributed by atoms with van der Waals surface area (Å²) in [6, 6.07) is 0.388. The second-order valence-electron chi connectivity index (χ2n) is 6.02. The first-order chi connectivity index (χ1) is 8.90. The van der Waals surface area contributed by atoms with Gasteiger partial charge in [-0.1, -0.05) is 27.2 Å². The lowest BCUT2D eigenvalue weighted by atomic mass is 9.74. The number of nitrogens with one attached hydrogen (secondary N) is 1. The molecule has 1 fully saturated rings. The van der Waals surface area contributed by atoms with Gasteiger partial charge in [-0.05, 0) is 50.5 Å². The van der Waals surface area contributed by atoms with Crippen LogP contribution in [0.3, 0.4) is 0 Å². The molecule has 1 aliphatic rings. The van der Waals surface area contributed by atoms with Gasteiger partial charge in [-0.25, -0.2) is 0 Å². The minimum Gasteiger partial charge on any atom is -0.313 e. The molecule has 1 aliphatic carbocycles. The summed E-state index contributed by atoms with van der Waals surface area (Å²) < 4.78 is 38.0. The topological polar surface area (TPSA) is 12.0 Å². The van der Waals surface area contributed by atoms with E-state index in [4.69, 9.17) is 0 Å². The number of halogens is 3. The molecule has 1 rings (SSSR count). The predicted molar refractivity (Wildman–Crippen MR) is 73.0 cm³/mol. The Hall–Kier alpha value is -0.250. The first-order valence-corrected chi connectivity index (χ1v) is 7.70. The second kappa shape index (κ2) is 7.51. The molecule has 2 atom stereocenters. The number of rotatable bonds is 6. The molecule has 19 heavy (non-hydrogen) atoms. The minimum absolute atomic E-state index is 0.314. The van der Waals surface area contributed by atoms with Gasteiger partial charge in [0.15, 0.2) is 0 Å². The van der Waals surface area contributed by atoms with Crippen molar-refractivity contribution >= 4 is 0 Å². The molecule has 1 N–H and O–H groups in total. The summed E-state index contributed by atoms with van der Waals surface area (Å²) in [6.07, 6.45) is 0.231. The third-order valence-electron chi connectivity index (χ3n) is 4.63. The van der Waals surface area contributed by atoms with Gasteiger partial charge in [0.1, 0.15) is 0 Å². The number of alkyl halides is 3. The van der Waals surface area contributed by atoms with Crippen molar-refractivity contribution in [1.29, 1.82) is 0 Å². The highest BCUT2D eigenvalue weighted by atomic mass is 19.4. The van der Waals surface area contributed by atoms with Gasteiger partial charge in [0.25, 0.3) is 0 Å². The molecule has 0 radical (unpaired) electrons. The lowest BCUT2D eigenvalue weighted by Gasteiger charge is -2.37. The van der Waals surface area contributed by atoms with Crippen LogP contribution >= 0.6 is 0 Å². The fourth-order valence-electron chi connectivity index (χ4n) is 3.20. The molecule has 1 nitrogen and oxygen atoms in total. The molecule has 114 valence electrons. The molecule has 0 aliphatic heterocycles. The number of hydrogen-bond donors (Lipinski definition) is 1. The van der Waals surface area contributed by atoms with E-state index in [2.05, 4.69) is 26.1 Å². The van der Waals surface area contributed by atoms with Crippen LogP contribution < -0.4 is 5.32 Å². The van der Waals surface area contributed by atoms with E-state index in [1.165, 1.54) is 0 Å². The normalized spacial score (nSPS) is 28.1. The van der Waals surface area contributed by atoms with E-state index in [0.29, 0.717) is 30.7 Å². The molecule has 1 saturated carbocycles. The molecule has 4 heteroatoms. The molecule has 0 aromatic carbocycles. The van der Waals surface area contributed by atoms with Crippen LogP contribution in [-0.2, 0) is 0 Å². The van der Waals surface area contributed by atoms with Gasteiger partial charge in [0.05, 0.1) is 5.92 Å². The maximum absolute atomic E-state index is 12.7. The van der Waals surface area contributed by atoms with Crippen molar-refractivity contribution < 1.29 is 13.2 Å². The Kier molecular flexibility index (Phi) is 6.64. The summed E-state index contributed by atoms with van der Waals surface area (Å²) in [5.74, 6) is -0.105. The predicted octanol–water partition coefficient (Wildman–Crippen LogP) is 4.77. The summed E-state index contributed by atoms with van der Waals surface area (Å²) in [5.41, 5.74) is 0. The van der Waals surface area contributed by atoms with E-state index >= 15 is 0 Å². The Bertz CT molecular complexity index is 244. The molecular formula is C15H28F3N. The lowest BCUT2D eigenvalue weighted by molar-refractivity contribution is -0.184. The van der Waals surface area contributed by atoms with E-state index < -0.39 is 12.1 Å². The van der Waals surface area contributed by atoms with Gasteiger partial charge in [-0.15, -0.1) is 0 Å². The van der Waals surface area contributed by atoms with Crippen LogP contribution in [0.4, 0.5) is 13.2 Å². The Labute approximate surface area is 115 Å². The third-order valence-corrected chi connectivity index (χ3v) is 4.63. The fraction of sp³-hybridized carbons (Fsp3) is 1.00. The van der Waals surface area contributed by atoms with Crippen molar-refractivity contribution in [2.45, 2.75) is 71.5 Å². The van der Waals surface area contributed by atoms with E-state index in [0.717, 1.165) is 32.2 Å².